The largest absolute Gasteiger partial charge is 0.435 e. The van der Waals surface area contributed by atoms with Crippen LogP contribution in [0.4, 0.5) is 19.0 Å². The SMILES string of the molecule is CCN(CC)c1cc(-n2nc(C(F)(F)F)cc2-c2ccccc2)ncn1. The van der Waals surface area contributed by atoms with E-state index in [2.05, 4.69) is 15.1 Å². The summed E-state index contributed by atoms with van der Waals surface area (Å²) in [7, 11) is 0. The van der Waals surface area contributed by atoms with Gasteiger partial charge in [0.15, 0.2) is 11.5 Å². The molecule has 0 spiro atoms. The number of hydrogen-bond acceptors (Lipinski definition) is 4. The summed E-state index contributed by atoms with van der Waals surface area (Å²) in [4.78, 5) is 10.3. The second kappa shape index (κ2) is 7.15. The maximum absolute atomic E-state index is 13.2. The van der Waals surface area contributed by atoms with E-state index in [4.69, 9.17) is 0 Å². The molecule has 0 unspecified atom stereocenters. The standard InChI is InChI=1S/C18H18F3N5/c1-3-25(4-2)16-11-17(23-12-22-16)26-14(13-8-6-5-7-9-13)10-15(24-26)18(19,20)21/h5-12H,3-4H2,1-2H3. The lowest BCUT2D eigenvalue weighted by atomic mass is 10.1. The van der Waals surface area contributed by atoms with Gasteiger partial charge in [0.25, 0.3) is 0 Å². The lowest BCUT2D eigenvalue weighted by Crippen LogP contribution is -2.23. The average Bonchev–Trinajstić information content (AvgIpc) is 3.10. The first-order valence-corrected chi connectivity index (χ1v) is 8.24. The molecule has 0 aliphatic heterocycles. The average molecular weight is 361 g/mol. The molecule has 1 aromatic carbocycles. The van der Waals surface area contributed by atoms with E-state index < -0.39 is 11.9 Å². The number of halogens is 3. The van der Waals surface area contributed by atoms with Crippen LogP contribution in [0.1, 0.15) is 19.5 Å². The van der Waals surface area contributed by atoms with Gasteiger partial charge in [-0.1, -0.05) is 30.3 Å². The minimum absolute atomic E-state index is 0.288. The zero-order valence-electron chi connectivity index (χ0n) is 14.4. The Morgan fingerprint density at radius 1 is 1.00 bits per heavy atom. The normalized spacial score (nSPS) is 11.6. The van der Waals surface area contributed by atoms with Crippen molar-refractivity contribution in [3.05, 3.63) is 54.5 Å². The van der Waals surface area contributed by atoms with Gasteiger partial charge < -0.3 is 4.90 Å². The van der Waals surface area contributed by atoms with Gasteiger partial charge in [-0.25, -0.2) is 14.6 Å². The Morgan fingerprint density at radius 3 is 2.31 bits per heavy atom. The highest BCUT2D eigenvalue weighted by atomic mass is 19.4. The number of nitrogens with zero attached hydrogens (tertiary/aromatic N) is 5. The first-order valence-electron chi connectivity index (χ1n) is 8.24. The molecule has 0 saturated heterocycles. The van der Waals surface area contributed by atoms with E-state index >= 15 is 0 Å². The highest BCUT2D eigenvalue weighted by Crippen LogP contribution is 2.33. The van der Waals surface area contributed by atoms with Crippen molar-refractivity contribution >= 4 is 5.82 Å². The molecular weight excluding hydrogens is 343 g/mol. The molecule has 0 fully saturated rings. The molecule has 0 aliphatic carbocycles. The lowest BCUT2D eigenvalue weighted by molar-refractivity contribution is -0.141. The van der Waals surface area contributed by atoms with Crippen LogP contribution in [0.15, 0.2) is 48.8 Å². The molecule has 0 bridgehead atoms. The van der Waals surface area contributed by atoms with Gasteiger partial charge in [-0.15, -0.1) is 0 Å². The van der Waals surface area contributed by atoms with Crippen molar-refractivity contribution in [3.8, 4) is 17.1 Å². The van der Waals surface area contributed by atoms with Gasteiger partial charge in [-0.3, -0.25) is 0 Å². The number of benzene rings is 1. The van der Waals surface area contributed by atoms with Crippen LogP contribution in [0.5, 0.6) is 0 Å². The van der Waals surface area contributed by atoms with Crippen molar-refractivity contribution in [2.75, 3.05) is 18.0 Å². The topological polar surface area (TPSA) is 46.8 Å². The zero-order valence-corrected chi connectivity index (χ0v) is 14.4. The third-order valence-corrected chi connectivity index (χ3v) is 4.01. The van der Waals surface area contributed by atoms with Gasteiger partial charge in [0.05, 0.1) is 5.69 Å². The Kier molecular flexibility index (Phi) is 4.92. The molecule has 3 rings (SSSR count). The predicted octanol–water partition coefficient (Wildman–Crippen LogP) is 4.19. The summed E-state index contributed by atoms with van der Waals surface area (Å²) in [5, 5.41) is 3.76. The molecule has 0 aliphatic rings. The minimum Gasteiger partial charge on any atom is -0.357 e. The number of aromatic nitrogens is 4. The third kappa shape index (κ3) is 3.54. The summed E-state index contributed by atoms with van der Waals surface area (Å²) < 4.78 is 40.9. The summed E-state index contributed by atoms with van der Waals surface area (Å²) in [6.07, 6.45) is -3.20. The van der Waals surface area contributed by atoms with Gasteiger partial charge in [0.2, 0.25) is 0 Å². The van der Waals surface area contributed by atoms with Crippen LogP contribution in [0.2, 0.25) is 0 Å². The number of hydrogen-bond donors (Lipinski definition) is 0. The predicted molar refractivity (Wildman–Crippen MR) is 93.2 cm³/mol. The fraction of sp³-hybridized carbons (Fsp3) is 0.278. The van der Waals surface area contributed by atoms with Crippen LogP contribution in [-0.4, -0.2) is 32.8 Å². The highest BCUT2D eigenvalue weighted by Gasteiger charge is 2.35. The number of alkyl halides is 3. The number of anilines is 1. The third-order valence-electron chi connectivity index (χ3n) is 4.01. The van der Waals surface area contributed by atoms with Crippen LogP contribution in [0.25, 0.3) is 17.1 Å². The molecule has 8 heteroatoms. The first kappa shape index (κ1) is 17.9. The summed E-state index contributed by atoms with van der Waals surface area (Å²) >= 11 is 0. The zero-order chi connectivity index (χ0) is 18.7. The van der Waals surface area contributed by atoms with Crippen LogP contribution in [0.3, 0.4) is 0 Å². The van der Waals surface area contributed by atoms with Crippen LogP contribution >= 0.6 is 0 Å². The fourth-order valence-corrected chi connectivity index (χ4v) is 2.68. The molecule has 0 atom stereocenters. The van der Waals surface area contributed by atoms with E-state index in [9.17, 15) is 13.2 Å². The van der Waals surface area contributed by atoms with Gasteiger partial charge in [0, 0.05) is 24.7 Å². The molecule has 26 heavy (non-hydrogen) atoms. The van der Waals surface area contributed by atoms with Crippen LogP contribution < -0.4 is 4.90 Å². The Morgan fingerprint density at radius 2 is 1.69 bits per heavy atom. The molecule has 3 aromatic rings. The lowest BCUT2D eigenvalue weighted by Gasteiger charge is -2.19. The highest BCUT2D eigenvalue weighted by molar-refractivity contribution is 5.62. The van der Waals surface area contributed by atoms with Gasteiger partial charge in [0.1, 0.15) is 12.1 Å². The summed E-state index contributed by atoms with van der Waals surface area (Å²) in [6, 6.07) is 11.5. The quantitative estimate of drug-likeness (QED) is 0.684. The molecule has 2 heterocycles. The van der Waals surface area contributed by atoms with Gasteiger partial charge in [-0.05, 0) is 19.9 Å². The van der Waals surface area contributed by atoms with Gasteiger partial charge >= 0.3 is 6.18 Å². The van der Waals surface area contributed by atoms with E-state index in [1.807, 2.05) is 18.7 Å². The summed E-state index contributed by atoms with van der Waals surface area (Å²) in [6.45, 7) is 5.42. The molecule has 0 amide bonds. The Hall–Kier alpha value is -2.90. The monoisotopic (exact) mass is 361 g/mol. The van der Waals surface area contributed by atoms with Crippen molar-refractivity contribution in [3.63, 3.8) is 0 Å². The summed E-state index contributed by atoms with van der Waals surface area (Å²) in [5.74, 6) is 0.930. The molecular formula is C18H18F3N5. The Labute approximate surface area is 149 Å². The second-order valence-electron chi connectivity index (χ2n) is 5.60. The van der Waals surface area contributed by atoms with E-state index in [0.717, 1.165) is 19.2 Å². The summed E-state index contributed by atoms with van der Waals surface area (Å²) in [5.41, 5.74) is -0.0139. The second-order valence-corrected chi connectivity index (χ2v) is 5.60. The van der Waals surface area contributed by atoms with Crippen molar-refractivity contribution in [1.82, 2.24) is 19.7 Å². The number of rotatable bonds is 5. The van der Waals surface area contributed by atoms with E-state index in [0.29, 0.717) is 17.1 Å². The van der Waals surface area contributed by atoms with Gasteiger partial charge in [-0.2, -0.15) is 18.3 Å². The molecule has 136 valence electrons. The van der Waals surface area contributed by atoms with Crippen molar-refractivity contribution in [1.29, 1.82) is 0 Å². The minimum atomic E-state index is -4.54. The van der Waals surface area contributed by atoms with E-state index in [1.54, 1.807) is 36.4 Å². The van der Waals surface area contributed by atoms with E-state index in [1.165, 1.54) is 11.0 Å². The van der Waals surface area contributed by atoms with Crippen molar-refractivity contribution in [2.45, 2.75) is 20.0 Å². The molecule has 0 radical (unpaired) electrons. The van der Waals surface area contributed by atoms with E-state index in [-0.39, 0.29) is 5.82 Å². The van der Waals surface area contributed by atoms with Crippen LogP contribution in [-0.2, 0) is 6.18 Å². The molecule has 5 nitrogen and oxygen atoms in total. The first-order chi connectivity index (χ1) is 12.4. The maximum Gasteiger partial charge on any atom is 0.435 e. The van der Waals surface area contributed by atoms with Crippen LogP contribution in [0, 0.1) is 0 Å². The molecule has 0 saturated carbocycles. The smallest absolute Gasteiger partial charge is 0.357 e. The van der Waals surface area contributed by atoms with Crippen molar-refractivity contribution in [2.24, 2.45) is 0 Å². The van der Waals surface area contributed by atoms with Crippen molar-refractivity contribution < 1.29 is 13.2 Å². The maximum atomic E-state index is 13.2. The molecule has 0 N–H and O–H groups in total. The Bertz CT molecular complexity index is 870. The Balaban J connectivity index is 2.15. The molecule has 2 aromatic heterocycles. The fourth-order valence-electron chi connectivity index (χ4n) is 2.68.